The van der Waals surface area contributed by atoms with E-state index in [1.807, 2.05) is 32.0 Å². The first-order valence-electron chi connectivity index (χ1n) is 8.70. The highest BCUT2D eigenvalue weighted by Crippen LogP contribution is 2.35. The maximum absolute atomic E-state index is 9.45. The summed E-state index contributed by atoms with van der Waals surface area (Å²) in [5.74, 6) is 2.51. The second-order valence-corrected chi connectivity index (χ2v) is 6.65. The molecule has 1 aromatic carbocycles. The standard InChI is InChI=1S/C10H14O2.C9H17NO/c1-4-12-9-6-5-8(2)7-10(9)11-3;1-10-5-4-7-2-3-8(11)6-9(7)10/h5-7H,4H2,1-3H3;7-9,11H,2-6H2,1H3. The Bertz CT molecular complexity index is 492. The van der Waals surface area contributed by atoms with Crippen LogP contribution >= 0.6 is 0 Å². The number of likely N-dealkylation sites (tertiary alicyclic amines) is 1. The maximum atomic E-state index is 9.45. The van der Waals surface area contributed by atoms with Gasteiger partial charge in [0.15, 0.2) is 11.5 Å². The Morgan fingerprint density at radius 3 is 2.70 bits per heavy atom. The van der Waals surface area contributed by atoms with Crippen molar-refractivity contribution in [2.75, 3.05) is 27.3 Å². The second kappa shape index (κ2) is 8.55. The van der Waals surface area contributed by atoms with Crippen molar-refractivity contribution in [3.05, 3.63) is 23.8 Å². The first kappa shape index (κ1) is 18.1. The van der Waals surface area contributed by atoms with E-state index < -0.39 is 0 Å². The summed E-state index contributed by atoms with van der Waals surface area (Å²) in [6.45, 7) is 5.89. The van der Waals surface area contributed by atoms with Crippen LogP contribution in [0.15, 0.2) is 18.2 Å². The number of hydrogen-bond donors (Lipinski definition) is 1. The van der Waals surface area contributed by atoms with E-state index >= 15 is 0 Å². The zero-order chi connectivity index (χ0) is 16.8. The van der Waals surface area contributed by atoms with E-state index in [0.717, 1.165) is 30.3 Å². The van der Waals surface area contributed by atoms with Crippen LogP contribution in [0.3, 0.4) is 0 Å². The van der Waals surface area contributed by atoms with Gasteiger partial charge in [0.1, 0.15) is 0 Å². The van der Waals surface area contributed by atoms with E-state index in [2.05, 4.69) is 11.9 Å². The lowest BCUT2D eigenvalue weighted by atomic mass is 9.84. The van der Waals surface area contributed by atoms with Crippen molar-refractivity contribution in [3.8, 4) is 11.5 Å². The summed E-state index contributed by atoms with van der Waals surface area (Å²) in [6.07, 6.45) is 4.64. The molecule has 1 heterocycles. The Morgan fingerprint density at radius 2 is 2.00 bits per heavy atom. The molecule has 130 valence electrons. The molecular formula is C19H31NO3. The van der Waals surface area contributed by atoms with E-state index in [1.165, 1.54) is 24.9 Å². The quantitative estimate of drug-likeness (QED) is 0.928. The van der Waals surface area contributed by atoms with Gasteiger partial charge in [-0.2, -0.15) is 0 Å². The van der Waals surface area contributed by atoms with Crippen LogP contribution in [0.5, 0.6) is 11.5 Å². The molecule has 23 heavy (non-hydrogen) atoms. The predicted octanol–water partition coefficient (Wildman–Crippen LogP) is 3.25. The summed E-state index contributed by atoms with van der Waals surface area (Å²) in [4.78, 5) is 2.41. The van der Waals surface area contributed by atoms with Crippen molar-refractivity contribution in [2.24, 2.45) is 5.92 Å². The minimum atomic E-state index is -0.0169. The fourth-order valence-corrected chi connectivity index (χ4v) is 3.65. The second-order valence-electron chi connectivity index (χ2n) is 6.65. The summed E-state index contributed by atoms with van der Waals surface area (Å²) < 4.78 is 10.5. The minimum Gasteiger partial charge on any atom is -0.493 e. The summed E-state index contributed by atoms with van der Waals surface area (Å²) in [5, 5.41) is 9.45. The number of benzene rings is 1. The third kappa shape index (κ3) is 4.85. The lowest BCUT2D eigenvalue weighted by Gasteiger charge is -2.32. The molecule has 1 aliphatic heterocycles. The first-order chi connectivity index (χ1) is 11.0. The third-order valence-corrected chi connectivity index (χ3v) is 4.97. The van der Waals surface area contributed by atoms with Crippen LogP contribution in [-0.4, -0.2) is 49.5 Å². The minimum absolute atomic E-state index is 0.0169. The highest BCUT2D eigenvalue weighted by molar-refractivity contribution is 5.42. The molecule has 2 fully saturated rings. The van der Waals surface area contributed by atoms with Crippen LogP contribution in [0.25, 0.3) is 0 Å². The number of fused-ring (bicyclic) bond motifs is 1. The summed E-state index contributed by atoms with van der Waals surface area (Å²) in [7, 11) is 3.83. The molecule has 3 unspecified atom stereocenters. The van der Waals surface area contributed by atoms with Crippen molar-refractivity contribution < 1.29 is 14.6 Å². The lowest BCUT2D eigenvalue weighted by Crippen LogP contribution is -2.36. The van der Waals surface area contributed by atoms with E-state index in [0.29, 0.717) is 12.6 Å². The van der Waals surface area contributed by atoms with Gasteiger partial charge in [-0.15, -0.1) is 0 Å². The van der Waals surface area contributed by atoms with E-state index in [1.54, 1.807) is 7.11 Å². The Morgan fingerprint density at radius 1 is 1.22 bits per heavy atom. The highest BCUT2D eigenvalue weighted by Gasteiger charge is 2.36. The van der Waals surface area contributed by atoms with Crippen LogP contribution in [0.2, 0.25) is 0 Å². The molecule has 1 aliphatic carbocycles. The van der Waals surface area contributed by atoms with E-state index in [-0.39, 0.29) is 6.10 Å². The largest absolute Gasteiger partial charge is 0.493 e. The molecule has 0 bridgehead atoms. The van der Waals surface area contributed by atoms with Gasteiger partial charge in [0.25, 0.3) is 0 Å². The molecule has 1 saturated heterocycles. The van der Waals surface area contributed by atoms with Crippen molar-refractivity contribution >= 4 is 0 Å². The average molecular weight is 321 g/mol. The molecule has 1 N–H and O–H groups in total. The van der Waals surface area contributed by atoms with E-state index in [9.17, 15) is 5.11 Å². The molecule has 0 aromatic heterocycles. The Kier molecular flexibility index (Phi) is 6.72. The summed E-state index contributed by atoms with van der Waals surface area (Å²) in [6, 6.07) is 6.59. The fraction of sp³-hybridized carbons (Fsp3) is 0.684. The van der Waals surface area contributed by atoms with Gasteiger partial charge >= 0.3 is 0 Å². The number of aryl methyl sites for hydroxylation is 1. The Balaban J connectivity index is 0.000000167. The lowest BCUT2D eigenvalue weighted by molar-refractivity contribution is 0.0714. The van der Waals surface area contributed by atoms with Gasteiger partial charge in [-0.05, 0) is 76.7 Å². The summed E-state index contributed by atoms with van der Waals surface area (Å²) in [5.41, 5.74) is 1.18. The fourth-order valence-electron chi connectivity index (χ4n) is 3.65. The normalized spacial score (nSPS) is 26.9. The SMILES string of the molecule is CCOc1ccc(C)cc1OC.CN1CCC2CCC(O)CC21. The molecule has 4 nitrogen and oxygen atoms in total. The van der Waals surface area contributed by atoms with Crippen LogP contribution in [-0.2, 0) is 0 Å². The number of aliphatic hydroxyl groups excluding tert-OH is 1. The number of rotatable bonds is 3. The van der Waals surface area contributed by atoms with Crippen molar-refractivity contribution in [1.82, 2.24) is 4.90 Å². The van der Waals surface area contributed by atoms with Gasteiger partial charge < -0.3 is 19.5 Å². The molecule has 1 aromatic rings. The molecule has 3 rings (SSSR count). The number of methoxy groups -OCH3 is 1. The van der Waals surface area contributed by atoms with Crippen LogP contribution in [0, 0.1) is 12.8 Å². The molecule has 0 radical (unpaired) electrons. The summed E-state index contributed by atoms with van der Waals surface area (Å²) >= 11 is 0. The van der Waals surface area contributed by atoms with Gasteiger partial charge in [-0.3, -0.25) is 0 Å². The maximum Gasteiger partial charge on any atom is 0.161 e. The molecule has 2 aliphatic rings. The van der Waals surface area contributed by atoms with Crippen molar-refractivity contribution in [2.45, 2.75) is 51.7 Å². The smallest absolute Gasteiger partial charge is 0.161 e. The van der Waals surface area contributed by atoms with Gasteiger partial charge in [-0.1, -0.05) is 6.07 Å². The zero-order valence-electron chi connectivity index (χ0n) is 14.9. The molecule has 0 amide bonds. The molecule has 4 heteroatoms. The Hall–Kier alpha value is -1.26. The molecule has 3 atom stereocenters. The van der Waals surface area contributed by atoms with E-state index in [4.69, 9.17) is 9.47 Å². The number of aliphatic hydroxyl groups is 1. The van der Waals surface area contributed by atoms with Crippen molar-refractivity contribution in [3.63, 3.8) is 0 Å². The van der Waals surface area contributed by atoms with Gasteiger partial charge in [-0.25, -0.2) is 0 Å². The van der Waals surface area contributed by atoms with Crippen LogP contribution < -0.4 is 9.47 Å². The monoisotopic (exact) mass is 321 g/mol. The third-order valence-electron chi connectivity index (χ3n) is 4.97. The number of ether oxygens (including phenoxy) is 2. The average Bonchev–Trinajstić information content (AvgIpc) is 2.91. The van der Waals surface area contributed by atoms with Gasteiger partial charge in [0.2, 0.25) is 0 Å². The molecule has 0 spiro atoms. The Labute approximate surface area is 140 Å². The van der Waals surface area contributed by atoms with Gasteiger partial charge in [0, 0.05) is 6.04 Å². The highest BCUT2D eigenvalue weighted by atomic mass is 16.5. The first-order valence-corrected chi connectivity index (χ1v) is 8.70. The predicted molar refractivity (Wildman–Crippen MR) is 93.3 cm³/mol. The topological polar surface area (TPSA) is 41.9 Å². The van der Waals surface area contributed by atoms with Gasteiger partial charge in [0.05, 0.1) is 19.8 Å². The van der Waals surface area contributed by atoms with Crippen molar-refractivity contribution in [1.29, 1.82) is 0 Å². The van der Waals surface area contributed by atoms with Crippen LogP contribution in [0.1, 0.15) is 38.2 Å². The molecule has 1 saturated carbocycles. The van der Waals surface area contributed by atoms with Crippen LogP contribution in [0.4, 0.5) is 0 Å². The number of hydrogen-bond acceptors (Lipinski definition) is 4. The number of nitrogens with zero attached hydrogens (tertiary/aromatic N) is 1. The molecular weight excluding hydrogens is 290 g/mol. The zero-order valence-corrected chi connectivity index (χ0v) is 14.9.